The van der Waals surface area contributed by atoms with Gasteiger partial charge in [0.25, 0.3) is 11.6 Å². The number of nitro groups is 1. The third-order valence-corrected chi connectivity index (χ3v) is 6.82. The van der Waals surface area contributed by atoms with Crippen LogP contribution in [-0.4, -0.2) is 16.9 Å². The Bertz CT molecular complexity index is 688. The molecule has 1 amide bonds. The van der Waals surface area contributed by atoms with Gasteiger partial charge in [0, 0.05) is 17.7 Å². The molecule has 2 aliphatic carbocycles. The summed E-state index contributed by atoms with van der Waals surface area (Å²) in [7, 11) is 0. The summed E-state index contributed by atoms with van der Waals surface area (Å²) in [5.41, 5.74) is 0.326. The first-order valence-electron chi connectivity index (χ1n) is 7.91. The van der Waals surface area contributed by atoms with Gasteiger partial charge >= 0.3 is 0 Å². The van der Waals surface area contributed by atoms with E-state index >= 15 is 0 Å². The molecular formula is C17H21ClN2O3. The van der Waals surface area contributed by atoms with Gasteiger partial charge in [-0.3, -0.25) is 14.9 Å². The highest BCUT2D eigenvalue weighted by Gasteiger charge is 2.61. The maximum atomic E-state index is 12.5. The molecule has 23 heavy (non-hydrogen) atoms. The molecule has 3 unspecified atom stereocenters. The summed E-state index contributed by atoms with van der Waals surface area (Å²) in [6, 6.07) is 4.29. The molecule has 1 N–H and O–H groups in total. The van der Waals surface area contributed by atoms with Crippen molar-refractivity contribution in [2.45, 2.75) is 46.1 Å². The second-order valence-corrected chi connectivity index (χ2v) is 7.97. The molecule has 3 rings (SSSR count). The number of nitrogens with one attached hydrogen (secondary N) is 1. The van der Waals surface area contributed by atoms with E-state index in [1.54, 1.807) is 0 Å². The normalized spacial score (nSPS) is 31.1. The highest BCUT2D eigenvalue weighted by atomic mass is 35.5. The van der Waals surface area contributed by atoms with E-state index in [0.29, 0.717) is 5.92 Å². The zero-order chi connectivity index (χ0) is 17.0. The number of carbonyl (C=O) groups excluding carboxylic acids is 1. The monoisotopic (exact) mass is 336 g/mol. The maximum absolute atomic E-state index is 12.5. The summed E-state index contributed by atoms with van der Waals surface area (Å²) in [6.45, 7) is 6.81. The van der Waals surface area contributed by atoms with E-state index in [0.717, 1.165) is 12.8 Å². The van der Waals surface area contributed by atoms with E-state index in [4.69, 9.17) is 11.6 Å². The van der Waals surface area contributed by atoms with Crippen LogP contribution in [0.15, 0.2) is 18.2 Å². The topological polar surface area (TPSA) is 72.2 Å². The average molecular weight is 337 g/mol. The van der Waals surface area contributed by atoms with E-state index in [-0.39, 0.29) is 39.1 Å². The Morgan fingerprint density at radius 3 is 2.61 bits per heavy atom. The minimum atomic E-state index is -0.568. The Hall–Kier alpha value is -1.62. The molecule has 0 radical (unpaired) electrons. The molecule has 0 saturated heterocycles. The minimum absolute atomic E-state index is 0.0413. The average Bonchev–Trinajstić information content (AvgIpc) is 2.80. The molecule has 1 aromatic rings. The molecule has 2 bridgehead atoms. The third kappa shape index (κ3) is 2.33. The van der Waals surface area contributed by atoms with Crippen molar-refractivity contribution in [3.05, 3.63) is 38.9 Å². The van der Waals surface area contributed by atoms with Crippen LogP contribution in [0.25, 0.3) is 0 Å². The summed E-state index contributed by atoms with van der Waals surface area (Å²) in [5, 5.41) is 14.1. The van der Waals surface area contributed by atoms with Crippen molar-refractivity contribution in [1.29, 1.82) is 0 Å². The summed E-state index contributed by atoms with van der Waals surface area (Å²) in [5.74, 6) is 0.358. The number of hydrogen-bond donors (Lipinski definition) is 1. The van der Waals surface area contributed by atoms with Crippen molar-refractivity contribution >= 4 is 23.2 Å². The minimum Gasteiger partial charge on any atom is -0.349 e. The molecular weight excluding hydrogens is 316 g/mol. The summed E-state index contributed by atoms with van der Waals surface area (Å²) in [4.78, 5) is 22.9. The van der Waals surface area contributed by atoms with Crippen molar-refractivity contribution in [2.24, 2.45) is 16.7 Å². The third-order valence-electron chi connectivity index (χ3n) is 6.50. The van der Waals surface area contributed by atoms with Crippen molar-refractivity contribution in [2.75, 3.05) is 0 Å². The van der Waals surface area contributed by atoms with Crippen LogP contribution in [0.1, 0.15) is 50.4 Å². The lowest BCUT2D eigenvalue weighted by molar-refractivity contribution is -0.384. The molecule has 1 aromatic carbocycles. The zero-order valence-electron chi connectivity index (χ0n) is 13.6. The largest absolute Gasteiger partial charge is 0.349 e. The van der Waals surface area contributed by atoms with Gasteiger partial charge in [-0.1, -0.05) is 32.4 Å². The quantitative estimate of drug-likeness (QED) is 0.664. The Balaban J connectivity index is 1.81. The van der Waals surface area contributed by atoms with E-state index in [2.05, 4.69) is 26.1 Å². The van der Waals surface area contributed by atoms with Gasteiger partial charge in [0.2, 0.25) is 0 Å². The summed E-state index contributed by atoms with van der Waals surface area (Å²) >= 11 is 5.80. The molecule has 0 aliphatic heterocycles. The van der Waals surface area contributed by atoms with Crippen LogP contribution in [0.3, 0.4) is 0 Å². The fraction of sp³-hybridized carbons (Fsp3) is 0.588. The molecule has 0 aromatic heterocycles. The smallest absolute Gasteiger partial charge is 0.288 e. The molecule has 0 heterocycles. The van der Waals surface area contributed by atoms with Gasteiger partial charge < -0.3 is 5.32 Å². The van der Waals surface area contributed by atoms with Crippen LogP contribution < -0.4 is 5.32 Å². The molecule has 2 fully saturated rings. The zero-order valence-corrected chi connectivity index (χ0v) is 14.3. The highest BCUT2D eigenvalue weighted by molar-refractivity contribution is 6.32. The number of carbonyl (C=O) groups is 1. The van der Waals surface area contributed by atoms with Gasteiger partial charge in [0.05, 0.1) is 4.92 Å². The lowest BCUT2D eigenvalue weighted by Crippen LogP contribution is -2.46. The van der Waals surface area contributed by atoms with E-state index in [1.165, 1.54) is 24.6 Å². The number of benzene rings is 1. The van der Waals surface area contributed by atoms with E-state index in [9.17, 15) is 14.9 Å². The van der Waals surface area contributed by atoms with Crippen molar-refractivity contribution in [3.8, 4) is 0 Å². The predicted molar refractivity (Wildman–Crippen MR) is 88.6 cm³/mol. The van der Waals surface area contributed by atoms with Gasteiger partial charge in [0.1, 0.15) is 5.02 Å². The first-order chi connectivity index (χ1) is 10.7. The molecule has 5 nitrogen and oxygen atoms in total. The molecule has 6 heteroatoms. The maximum Gasteiger partial charge on any atom is 0.288 e. The number of halogens is 1. The summed E-state index contributed by atoms with van der Waals surface area (Å²) < 4.78 is 0. The number of hydrogen-bond acceptors (Lipinski definition) is 3. The second kappa shape index (κ2) is 5.20. The Labute approximate surface area is 140 Å². The van der Waals surface area contributed by atoms with Crippen molar-refractivity contribution in [1.82, 2.24) is 5.32 Å². The number of rotatable bonds is 3. The number of fused-ring (bicyclic) bond motifs is 2. The first kappa shape index (κ1) is 16.2. The van der Waals surface area contributed by atoms with Crippen LogP contribution >= 0.6 is 11.6 Å². The number of nitrogens with zero attached hydrogens (tertiary/aromatic N) is 1. The van der Waals surface area contributed by atoms with Crippen LogP contribution in [0.4, 0.5) is 5.69 Å². The van der Waals surface area contributed by atoms with Gasteiger partial charge in [-0.25, -0.2) is 0 Å². The standard InChI is InChI=1S/C17H21ClN2O3/c1-16(2)11-6-7-17(16,3)14(9-11)19-15(21)10-4-5-12(18)13(8-10)20(22)23/h4-5,8,11,14H,6-7,9H2,1-3H3,(H,19,21). The van der Waals surface area contributed by atoms with Gasteiger partial charge in [0.15, 0.2) is 0 Å². The molecule has 3 atom stereocenters. The molecule has 124 valence electrons. The summed E-state index contributed by atoms with van der Waals surface area (Å²) in [6.07, 6.45) is 3.30. The Morgan fingerprint density at radius 1 is 1.39 bits per heavy atom. The van der Waals surface area contributed by atoms with Gasteiger partial charge in [-0.05, 0) is 48.1 Å². The second-order valence-electron chi connectivity index (χ2n) is 7.56. The molecule has 0 spiro atoms. The van der Waals surface area contributed by atoms with Crippen molar-refractivity contribution in [3.63, 3.8) is 0 Å². The Kier molecular flexibility index (Phi) is 3.67. The van der Waals surface area contributed by atoms with Gasteiger partial charge in [-0.2, -0.15) is 0 Å². The fourth-order valence-electron chi connectivity index (χ4n) is 4.46. The van der Waals surface area contributed by atoms with Crippen molar-refractivity contribution < 1.29 is 9.72 Å². The van der Waals surface area contributed by atoms with Crippen LogP contribution in [-0.2, 0) is 0 Å². The Morgan fingerprint density at radius 2 is 2.09 bits per heavy atom. The first-order valence-corrected chi connectivity index (χ1v) is 8.29. The van der Waals surface area contributed by atoms with E-state index < -0.39 is 4.92 Å². The lowest BCUT2D eigenvalue weighted by atomic mass is 9.69. The fourth-order valence-corrected chi connectivity index (χ4v) is 4.64. The number of nitro benzene ring substituents is 1. The van der Waals surface area contributed by atoms with Crippen LogP contribution in [0.5, 0.6) is 0 Å². The highest BCUT2D eigenvalue weighted by Crippen LogP contribution is 2.65. The van der Waals surface area contributed by atoms with Crippen LogP contribution in [0.2, 0.25) is 5.02 Å². The van der Waals surface area contributed by atoms with Crippen LogP contribution in [0, 0.1) is 26.9 Å². The molecule has 2 saturated carbocycles. The van der Waals surface area contributed by atoms with Gasteiger partial charge in [-0.15, -0.1) is 0 Å². The number of amides is 1. The predicted octanol–water partition coefficient (Wildman–Crippen LogP) is 4.19. The molecule has 2 aliphatic rings. The SMILES string of the molecule is CC1(C)C2CCC1(C)C(NC(=O)c1ccc(Cl)c([N+](=O)[O-])c1)C2. The lowest BCUT2D eigenvalue weighted by Gasteiger charge is -2.39. The van der Waals surface area contributed by atoms with E-state index in [1.807, 2.05) is 0 Å².